The highest BCUT2D eigenvalue weighted by Crippen LogP contribution is 2.16. The smallest absolute Gasteiger partial charge is 0.230 e. The number of hydrogen-bond donors (Lipinski definition) is 2. The molecule has 0 aliphatic carbocycles. The van der Waals surface area contributed by atoms with Gasteiger partial charge in [0.1, 0.15) is 31.0 Å². The Morgan fingerprint density at radius 2 is 2.10 bits per heavy atom. The average Bonchev–Trinajstić information content (AvgIpc) is 2.44. The Balaban J connectivity index is 1.79. The van der Waals surface area contributed by atoms with E-state index in [1.165, 1.54) is 4.90 Å². The fraction of sp³-hybridized carbons (Fsp3) is 0.562. The van der Waals surface area contributed by atoms with Crippen molar-refractivity contribution in [1.29, 1.82) is 0 Å². The van der Waals surface area contributed by atoms with Crippen LogP contribution in [0.1, 0.15) is 20.3 Å². The molecule has 1 amide bonds. The van der Waals surface area contributed by atoms with Crippen molar-refractivity contribution in [3.8, 4) is 5.75 Å². The molecule has 1 aromatic carbocycles. The number of anilines is 1. The summed E-state index contributed by atoms with van der Waals surface area (Å²) >= 11 is 0. The molecule has 5 nitrogen and oxygen atoms in total. The average molecular weight is 293 g/mol. The maximum absolute atomic E-state index is 12.0. The third kappa shape index (κ3) is 5.02. The van der Waals surface area contributed by atoms with Gasteiger partial charge in [0.15, 0.2) is 0 Å². The van der Waals surface area contributed by atoms with Gasteiger partial charge in [0, 0.05) is 11.8 Å². The molecular weight excluding hydrogens is 268 g/mol. The van der Waals surface area contributed by atoms with E-state index in [0.717, 1.165) is 31.1 Å². The Labute approximate surface area is 126 Å². The second-order valence-corrected chi connectivity index (χ2v) is 5.70. The van der Waals surface area contributed by atoms with Gasteiger partial charge in [-0.2, -0.15) is 0 Å². The topological polar surface area (TPSA) is 52.0 Å². The summed E-state index contributed by atoms with van der Waals surface area (Å²) in [5.74, 6) is 0.789. The van der Waals surface area contributed by atoms with E-state index < -0.39 is 0 Å². The quantitative estimate of drug-likeness (QED) is 0.841. The maximum Gasteiger partial charge on any atom is 0.230 e. The Morgan fingerprint density at radius 3 is 2.76 bits per heavy atom. The predicted molar refractivity (Wildman–Crippen MR) is 81.8 cm³/mol. The number of amides is 1. The van der Waals surface area contributed by atoms with Crippen molar-refractivity contribution in [2.75, 3.05) is 32.1 Å². The molecule has 0 spiro atoms. The van der Waals surface area contributed by atoms with Crippen LogP contribution in [0.4, 0.5) is 5.69 Å². The summed E-state index contributed by atoms with van der Waals surface area (Å²) in [6.07, 6.45) is 1.06. The molecule has 1 aromatic rings. The molecule has 1 aliphatic heterocycles. The van der Waals surface area contributed by atoms with Crippen molar-refractivity contribution in [2.45, 2.75) is 32.5 Å². The molecule has 2 rings (SSSR count). The molecule has 1 saturated heterocycles. The first-order chi connectivity index (χ1) is 10.1. The fourth-order valence-electron chi connectivity index (χ4n) is 2.81. The van der Waals surface area contributed by atoms with E-state index in [1.807, 2.05) is 24.3 Å². The third-order valence-electron chi connectivity index (χ3n) is 3.68. The van der Waals surface area contributed by atoms with Gasteiger partial charge in [-0.25, -0.2) is 0 Å². The minimum Gasteiger partial charge on any atom is -0.497 e. The van der Waals surface area contributed by atoms with Crippen LogP contribution in [0.15, 0.2) is 24.3 Å². The molecule has 1 heterocycles. The lowest BCUT2D eigenvalue weighted by Gasteiger charge is -2.32. The number of morpholine rings is 1. The first-order valence-corrected chi connectivity index (χ1v) is 7.49. The van der Waals surface area contributed by atoms with E-state index in [0.29, 0.717) is 6.42 Å². The monoisotopic (exact) mass is 293 g/mol. The summed E-state index contributed by atoms with van der Waals surface area (Å²) in [6.45, 7) is 6.96. The molecule has 0 saturated carbocycles. The molecular formula is C16H25N2O3+. The number of carbonyl (C=O) groups excluding carboxylic acids is 1. The van der Waals surface area contributed by atoms with Gasteiger partial charge < -0.3 is 19.7 Å². The fourth-order valence-corrected chi connectivity index (χ4v) is 2.81. The molecule has 116 valence electrons. The highest BCUT2D eigenvalue weighted by atomic mass is 16.5. The van der Waals surface area contributed by atoms with Crippen LogP contribution in [0, 0.1) is 0 Å². The van der Waals surface area contributed by atoms with Gasteiger partial charge in [0.05, 0.1) is 20.1 Å². The molecule has 0 bridgehead atoms. The number of carbonyl (C=O) groups is 1. The van der Waals surface area contributed by atoms with Gasteiger partial charge >= 0.3 is 0 Å². The minimum atomic E-state index is 0.0440. The Bertz CT molecular complexity index is 468. The van der Waals surface area contributed by atoms with E-state index in [4.69, 9.17) is 9.47 Å². The number of methoxy groups -OCH3 is 1. The maximum atomic E-state index is 12.0. The van der Waals surface area contributed by atoms with E-state index >= 15 is 0 Å². The van der Waals surface area contributed by atoms with Gasteiger partial charge in [-0.15, -0.1) is 0 Å². The summed E-state index contributed by atoms with van der Waals surface area (Å²) in [6, 6.07) is 7.41. The zero-order chi connectivity index (χ0) is 15.2. The minimum absolute atomic E-state index is 0.0440. The summed E-state index contributed by atoms with van der Waals surface area (Å²) in [4.78, 5) is 13.5. The summed E-state index contributed by atoms with van der Waals surface area (Å²) in [5, 5.41) is 2.92. The number of nitrogens with one attached hydrogen (secondary N) is 2. The number of benzene rings is 1. The van der Waals surface area contributed by atoms with Gasteiger partial charge in [0.25, 0.3) is 0 Å². The Morgan fingerprint density at radius 1 is 1.38 bits per heavy atom. The van der Waals surface area contributed by atoms with Crippen LogP contribution in [-0.2, 0) is 9.53 Å². The first-order valence-electron chi connectivity index (χ1n) is 7.49. The van der Waals surface area contributed by atoms with Gasteiger partial charge in [-0.05, 0) is 26.0 Å². The number of ether oxygens (including phenoxy) is 2. The number of rotatable bonds is 5. The van der Waals surface area contributed by atoms with Crippen LogP contribution >= 0.6 is 0 Å². The highest BCUT2D eigenvalue weighted by Gasteiger charge is 2.25. The number of hydrogen-bond acceptors (Lipinski definition) is 3. The summed E-state index contributed by atoms with van der Waals surface area (Å²) in [7, 11) is 1.62. The molecule has 0 aromatic heterocycles. The SMILES string of the molecule is COc1cccc(NC(=O)CC[NH+]2CC(C)OC(C)C2)c1. The van der Waals surface area contributed by atoms with Crippen molar-refractivity contribution in [2.24, 2.45) is 0 Å². The third-order valence-corrected chi connectivity index (χ3v) is 3.68. The standard InChI is InChI=1S/C16H24N2O3/c1-12-10-18(11-13(2)21-12)8-7-16(19)17-14-5-4-6-15(9-14)20-3/h4-6,9,12-13H,7-8,10-11H2,1-3H3,(H,17,19)/p+1. The Hall–Kier alpha value is -1.59. The van der Waals surface area contributed by atoms with Crippen LogP contribution in [0.25, 0.3) is 0 Å². The van der Waals surface area contributed by atoms with Crippen molar-refractivity contribution < 1.29 is 19.2 Å². The Kier molecular flexibility index (Phi) is 5.59. The van der Waals surface area contributed by atoms with Crippen LogP contribution in [0.5, 0.6) is 5.75 Å². The van der Waals surface area contributed by atoms with Gasteiger partial charge in [0.2, 0.25) is 5.91 Å². The van der Waals surface area contributed by atoms with Gasteiger partial charge in [-0.1, -0.05) is 6.07 Å². The molecule has 2 atom stereocenters. The zero-order valence-corrected chi connectivity index (χ0v) is 13.0. The summed E-state index contributed by atoms with van der Waals surface area (Å²) < 4.78 is 10.9. The van der Waals surface area contributed by atoms with E-state index in [-0.39, 0.29) is 18.1 Å². The van der Waals surface area contributed by atoms with E-state index in [9.17, 15) is 4.79 Å². The van der Waals surface area contributed by atoms with Crippen molar-refractivity contribution in [1.82, 2.24) is 0 Å². The molecule has 21 heavy (non-hydrogen) atoms. The zero-order valence-electron chi connectivity index (χ0n) is 13.0. The van der Waals surface area contributed by atoms with Crippen molar-refractivity contribution in [3.05, 3.63) is 24.3 Å². The van der Waals surface area contributed by atoms with Gasteiger partial charge in [-0.3, -0.25) is 4.79 Å². The molecule has 1 fully saturated rings. The molecule has 2 unspecified atom stereocenters. The molecule has 5 heteroatoms. The summed E-state index contributed by atoms with van der Waals surface area (Å²) in [5.41, 5.74) is 0.776. The van der Waals surface area contributed by atoms with Crippen LogP contribution < -0.4 is 15.0 Å². The molecule has 2 N–H and O–H groups in total. The largest absolute Gasteiger partial charge is 0.497 e. The highest BCUT2D eigenvalue weighted by molar-refractivity contribution is 5.90. The van der Waals surface area contributed by atoms with Crippen LogP contribution in [0.2, 0.25) is 0 Å². The van der Waals surface area contributed by atoms with E-state index in [1.54, 1.807) is 7.11 Å². The van der Waals surface area contributed by atoms with E-state index in [2.05, 4.69) is 19.2 Å². The van der Waals surface area contributed by atoms with Crippen LogP contribution in [-0.4, -0.2) is 44.9 Å². The predicted octanol–water partition coefficient (Wildman–Crippen LogP) is 0.716. The van der Waals surface area contributed by atoms with Crippen molar-refractivity contribution >= 4 is 11.6 Å². The second kappa shape index (κ2) is 7.43. The molecule has 0 radical (unpaired) electrons. The first kappa shape index (κ1) is 15.8. The lowest BCUT2D eigenvalue weighted by atomic mass is 10.2. The van der Waals surface area contributed by atoms with Crippen molar-refractivity contribution in [3.63, 3.8) is 0 Å². The normalized spacial score (nSPS) is 25.4. The van der Waals surface area contributed by atoms with Crippen LogP contribution in [0.3, 0.4) is 0 Å². The lowest BCUT2D eigenvalue weighted by Crippen LogP contribution is -3.15. The number of quaternary nitrogens is 1. The lowest BCUT2D eigenvalue weighted by molar-refractivity contribution is -0.914. The molecule has 1 aliphatic rings. The second-order valence-electron chi connectivity index (χ2n) is 5.70.